The van der Waals surface area contributed by atoms with Crippen LogP contribution in [0.5, 0.6) is 0 Å². The summed E-state index contributed by atoms with van der Waals surface area (Å²) in [7, 11) is 2.11. The predicted octanol–water partition coefficient (Wildman–Crippen LogP) is 2.67. The van der Waals surface area contributed by atoms with Crippen LogP contribution in [0, 0.1) is 0 Å². The fourth-order valence-electron chi connectivity index (χ4n) is 2.48. The number of rotatable bonds is 4. The van der Waals surface area contributed by atoms with Crippen molar-refractivity contribution in [2.45, 2.75) is 51.5 Å². The van der Waals surface area contributed by atoms with E-state index in [4.69, 9.17) is 5.11 Å². The molecular formula is C13H23NO2. The first-order valence-corrected chi connectivity index (χ1v) is 6.20. The van der Waals surface area contributed by atoms with Gasteiger partial charge in [0, 0.05) is 18.7 Å². The first-order valence-electron chi connectivity index (χ1n) is 6.20. The zero-order chi connectivity index (χ0) is 12.0. The Balaban J connectivity index is 2.43. The average Bonchev–Trinajstić information content (AvgIpc) is 2.43. The van der Waals surface area contributed by atoms with E-state index in [0.29, 0.717) is 6.04 Å². The van der Waals surface area contributed by atoms with Crippen LogP contribution in [0.25, 0.3) is 0 Å². The van der Waals surface area contributed by atoms with Gasteiger partial charge in [0.2, 0.25) is 0 Å². The van der Waals surface area contributed by atoms with Crippen molar-refractivity contribution >= 4 is 5.97 Å². The summed E-state index contributed by atoms with van der Waals surface area (Å²) in [6.45, 7) is 2.66. The van der Waals surface area contributed by atoms with Gasteiger partial charge in [0.05, 0.1) is 0 Å². The molecule has 3 heteroatoms. The van der Waals surface area contributed by atoms with Gasteiger partial charge in [0.1, 0.15) is 0 Å². The number of aliphatic carboxylic acids is 1. The summed E-state index contributed by atoms with van der Waals surface area (Å²) in [5.74, 6) is -0.841. The van der Waals surface area contributed by atoms with Gasteiger partial charge in [-0.2, -0.15) is 0 Å². The fraction of sp³-hybridized carbons (Fsp3) is 0.769. The van der Waals surface area contributed by atoms with E-state index in [1.165, 1.54) is 44.6 Å². The Kier molecular flexibility index (Phi) is 5.53. The summed E-state index contributed by atoms with van der Waals surface area (Å²) in [4.78, 5) is 12.8. The van der Waals surface area contributed by atoms with E-state index in [1.54, 1.807) is 0 Å². The second kappa shape index (κ2) is 6.69. The molecule has 0 unspecified atom stereocenters. The molecule has 0 amide bonds. The quantitative estimate of drug-likeness (QED) is 0.590. The molecule has 1 N–H and O–H groups in total. The van der Waals surface area contributed by atoms with Crippen LogP contribution in [-0.2, 0) is 4.79 Å². The standard InChI is InChI=1S/C13H23NO2/c1-11(9-13(15)16)10-14(2)12-7-5-3-4-6-8-12/h9,12H,3-8,10H2,1-2H3,(H,15,16). The summed E-state index contributed by atoms with van der Waals surface area (Å²) in [6, 6.07) is 0.639. The van der Waals surface area contributed by atoms with Gasteiger partial charge in [-0.1, -0.05) is 31.3 Å². The highest BCUT2D eigenvalue weighted by molar-refractivity contribution is 5.80. The van der Waals surface area contributed by atoms with Crippen LogP contribution in [0.3, 0.4) is 0 Å². The minimum atomic E-state index is -0.841. The first-order chi connectivity index (χ1) is 7.59. The SMILES string of the molecule is CC(=CC(=O)O)CN(C)C1CCCCCC1. The summed E-state index contributed by atoms with van der Waals surface area (Å²) >= 11 is 0. The molecule has 0 aliphatic heterocycles. The molecule has 0 atom stereocenters. The highest BCUT2D eigenvalue weighted by atomic mass is 16.4. The normalized spacial score (nSPS) is 19.8. The summed E-state index contributed by atoms with van der Waals surface area (Å²) in [5.41, 5.74) is 0.930. The number of carboxylic acid groups (broad SMARTS) is 1. The maximum Gasteiger partial charge on any atom is 0.328 e. The van der Waals surface area contributed by atoms with Gasteiger partial charge >= 0.3 is 5.97 Å². The Morgan fingerprint density at radius 2 is 1.88 bits per heavy atom. The third kappa shape index (κ3) is 4.79. The van der Waals surface area contributed by atoms with Crippen LogP contribution in [0.4, 0.5) is 0 Å². The van der Waals surface area contributed by atoms with Gasteiger partial charge in [-0.25, -0.2) is 4.79 Å². The molecule has 0 saturated heterocycles. The van der Waals surface area contributed by atoms with Gasteiger partial charge < -0.3 is 5.11 Å². The molecule has 1 rings (SSSR count). The van der Waals surface area contributed by atoms with Crippen molar-refractivity contribution in [1.29, 1.82) is 0 Å². The van der Waals surface area contributed by atoms with Gasteiger partial charge in [0.15, 0.2) is 0 Å². The first kappa shape index (κ1) is 13.2. The molecule has 1 saturated carbocycles. The molecule has 92 valence electrons. The van der Waals surface area contributed by atoms with E-state index in [0.717, 1.165) is 12.1 Å². The monoisotopic (exact) mass is 225 g/mol. The Morgan fingerprint density at radius 3 is 2.38 bits per heavy atom. The molecule has 0 aromatic heterocycles. The molecule has 0 aromatic rings. The molecule has 1 aliphatic rings. The molecule has 0 bridgehead atoms. The van der Waals surface area contributed by atoms with Crippen LogP contribution in [-0.4, -0.2) is 35.6 Å². The molecule has 1 fully saturated rings. The molecule has 0 heterocycles. The number of likely N-dealkylation sites (N-methyl/N-ethyl adjacent to an activating group) is 1. The Bertz CT molecular complexity index is 253. The van der Waals surface area contributed by atoms with Crippen LogP contribution in [0.1, 0.15) is 45.4 Å². The number of carboxylic acids is 1. The number of nitrogens with zero attached hydrogens (tertiary/aromatic N) is 1. The van der Waals surface area contributed by atoms with Crippen LogP contribution >= 0.6 is 0 Å². The lowest BCUT2D eigenvalue weighted by atomic mass is 10.1. The Morgan fingerprint density at radius 1 is 1.31 bits per heavy atom. The zero-order valence-corrected chi connectivity index (χ0v) is 10.4. The van der Waals surface area contributed by atoms with Crippen molar-refractivity contribution < 1.29 is 9.90 Å². The van der Waals surface area contributed by atoms with Crippen molar-refractivity contribution in [3.8, 4) is 0 Å². The fourth-order valence-corrected chi connectivity index (χ4v) is 2.48. The minimum Gasteiger partial charge on any atom is -0.478 e. The minimum absolute atomic E-state index is 0.639. The van der Waals surface area contributed by atoms with Gasteiger partial charge in [-0.3, -0.25) is 4.90 Å². The lowest BCUT2D eigenvalue weighted by Crippen LogP contribution is -2.32. The van der Waals surface area contributed by atoms with E-state index < -0.39 is 5.97 Å². The molecule has 0 aromatic carbocycles. The van der Waals surface area contributed by atoms with Crippen molar-refractivity contribution in [2.75, 3.05) is 13.6 Å². The number of hydrogen-bond donors (Lipinski definition) is 1. The van der Waals surface area contributed by atoms with Crippen molar-refractivity contribution in [3.05, 3.63) is 11.6 Å². The molecule has 0 radical (unpaired) electrons. The van der Waals surface area contributed by atoms with Crippen molar-refractivity contribution in [1.82, 2.24) is 4.90 Å². The van der Waals surface area contributed by atoms with Crippen LogP contribution in [0.15, 0.2) is 11.6 Å². The van der Waals surface area contributed by atoms with E-state index in [1.807, 2.05) is 6.92 Å². The summed E-state index contributed by atoms with van der Waals surface area (Å²) in [6.07, 6.45) is 9.18. The maximum atomic E-state index is 10.5. The van der Waals surface area contributed by atoms with E-state index in [2.05, 4.69) is 11.9 Å². The van der Waals surface area contributed by atoms with Crippen molar-refractivity contribution in [3.63, 3.8) is 0 Å². The highest BCUT2D eigenvalue weighted by Crippen LogP contribution is 2.21. The number of carbonyl (C=O) groups is 1. The molecule has 1 aliphatic carbocycles. The van der Waals surface area contributed by atoms with E-state index in [-0.39, 0.29) is 0 Å². The molecule has 16 heavy (non-hydrogen) atoms. The van der Waals surface area contributed by atoms with Crippen LogP contribution in [0.2, 0.25) is 0 Å². The zero-order valence-electron chi connectivity index (χ0n) is 10.4. The van der Waals surface area contributed by atoms with E-state index in [9.17, 15) is 4.79 Å². The lowest BCUT2D eigenvalue weighted by molar-refractivity contribution is -0.131. The highest BCUT2D eigenvalue weighted by Gasteiger charge is 2.16. The summed E-state index contributed by atoms with van der Waals surface area (Å²) in [5, 5.41) is 8.66. The third-order valence-electron chi connectivity index (χ3n) is 3.32. The Hall–Kier alpha value is -0.830. The van der Waals surface area contributed by atoms with Gasteiger partial charge in [-0.15, -0.1) is 0 Å². The second-order valence-corrected chi connectivity index (χ2v) is 4.89. The van der Waals surface area contributed by atoms with Crippen LogP contribution < -0.4 is 0 Å². The Labute approximate surface area is 98.1 Å². The molecule has 0 spiro atoms. The smallest absolute Gasteiger partial charge is 0.328 e. The lowest BCUT2D eigenvalue weighted by Gasteiger charge is -2.27. The molecule has 3 nitrogen and oxygen atoms in total. The average molecular weight is 225 g/mol. The molecular weight excluding hydrogens is 202 g/mol. The van der Waals surface area contributed by atoms with Gasteiger partial charge in [-0.05, 0) is 26.8 Å². The number of hydrogen-bond acceptors (Lipinski definition) is 2. The predicted molar refractivity (Wildman–Crippen MR) is 65.5 cm³/mol. The second-order valence-electron chi connectivity index (χ2n) is 4.89. The van der Waals surface area contributed by atoms with Gasteiger partial charge in [0.25, 0.3) is 0 Å². The third-order valence-corrected chi connectivity index (χ3v) is 3.32. The van der Waals surface area contributed by atoms with Crippen molar-refractivity contribution in [2.24, 2.45) is 0 Å². The topological polar surface area (TPSA) is 40.5 Å². The summed E-state index contributed by atoms with van der Waals surface area (Å²) < 4.78 is 0. The largest absolute Gasteiger partial charge is 0.478 e. The maximum absolute atomic E-state index is 10.5. The van der Waals surface area contributed by atoms with E-state index >= 15 is 0 Å².